The number of benzene rings is 2. The third-order valence-electron chi connectivity index (χ3n) is 6.22. The number of anilines is 1. The minimum Gasteiger partial charge on any atom is -0.497 e. The highest BCUT2D eigenvalue weighted by atomic mass is 32.1. The van der Waals surface area contributed by atoms with Crippen LogP contribution in [0, 0.1) is 0 Å². The maximum absolute atomic E-state index is 13.0. The summed E-state index contributed by atoms with van der Waals surface area (Å²) in [6.07, 6.45) is 3.46. The van der Waals surface area contributed by atoms with E-state index in [9.17, 15) is 4.79 Å². The zero-order chi connectivity index (χ0) is 25.2. The van der Waals surface area contributed by atoms with Gasteiger partial charge in [-0.25, -0.2) is 9.97 Å². The van der Waals surface area contributed by atoms with Crippen LogP contribution in [0.25, 0.3) is 17.0 Å². The third-order valence-corrected chi connectivity index (χ3v) is 7.25. The van der Waals surface area contributed by atoms with Crippen LogP contribution >= 0.6 is 11.3 Å². The van der Waals surface area contributed by atoms with E-state index in [4.69, 9.17) is 20.2 Å². The molecule has 0 bridgehead atoms. The molecule has 8 heteroatoms. The molecule has 182 valence electrons. The van der Waals surface area contributed by atoms with Gasteiger partial charge in [0.15, 0.2) is 5.13 Å². The minimum absolute atomic E-state index is 0.115. The Balaban J connectivity index is 1.28. The Hall–Kier alpha value is -4.17. The van der Waals surface area contributed by atoms with Crippen molar-refractivity contribution >= 4 is 28.1 Å². The molecule has 2 aromatic carbocycles. The normalized spacial score (nSPS) is 12.7. The minimum atomic E-state index is -0.370. The number of pyridine rings is 1. The van der Waals surface area contributed by atoms with E-state index in [1.54, 1.807) is 25.4 Å². The smallest absolute Gasteiger partial charge is 0.233 e. The van der Waals surface area contributed by atoms with Gasteiger partial charge in [0, 0.05) is 22.3 Å². The first-order chi connectivity index (χ1) is 17.4. The molecular formula is C28H26N4O3S. The molecule has 1 atom stereocenters. The lowest BCUT2D eigenvalue weighted by Crippen LogP contribution is -2.18. The second-order valence-corrected chi connectivity index (χ2v) is 9.66. The SMILES string of the molecule is C=C(N)c1cccnc1Oc1ccc(C(C)C(=O)Nc2nc3c(s2)CCc2cc(OC)ccc2-3)cc1. The van der Waals surface area contributed by atoms with Gasteiger partial charge in [-0.15, -0.1) is 11.3 Å². The number of hydrogen-bond donors (Lipinski definition) is 2. The lowest BCUT2D eigenvalue weighted by Gasteiger charge is -2.15. The van der Waals surface area contributed by atoms with Crippen LogP contribution in [0.5, 0.6) is 17.4 Å². The summed E-state index contributed by atoms with van der Waals surface area (Å²) in [5.74, 6) is 1.34. The summed E-state index contributed by atoms with van der Waals surface area (Å²) in [7, 11) is 1.67. The molecule has 0 saturated carbocycles. The Morgan fingerprint density at radius 1 is 1.14 bits per heavy atom. The van der Waals surface area contributed by atoms with Crippen molar-refractivity contribution in [1.82, 2.24) is 9.97 Å². The monoisotopic (exact) mass is 498 g/mol. The third kappa shape index (κ3) is 4.67. The second kappa shape index (κ2) is 9.83. The topological polar surface area (TPSA) is 99.4 Å². The number of carbonyl (C=O) groups is 1. The van der Waals surface area contributed by atoms with Gasteiger partial charge in [-0.3, -0.25) is 4.79 Å². The number of aromatic nitrogens is 2. The van der Waals surface area contributed by atoms with E-state index in [1.807, 2.05) is 43.3 Å². The van der Waals surface area contributed by atoms with Crippen molar-refractivity contribution < 1.29 is 14.3 Å². The van der Waals surface area contributed by atoms with E-state index < -0.39 is 0 Å². The summed E-state index contributed by atoms with van der Waals surface area (Å²) >= 11 is 1.54. The number of hydrogen-bond acceptors (Lipinski definition) is 7. The molecule has 0 saturated heterocycles. The molecule has 0 fully saturated rings. The molecule has 0 aliphatic heterocycles. The predicted octanol–water partition coefficient (Wildman–Crippen LogP) is 5.78. The van der Waals surface area contributed by atoms with Crippen molar-refractivity contribution in [3.8, 4) is 28.6 Å². The fourth-order valence-electron chi connectivity index (χ4n) is 4.19. The highest BCUT2D eigenvalue weighted by molar-refractivity contribution is 7.16. The number of amides is 1. The van der Waals surface area contributed by atoms with E-state index in [1.165, 1.54) is 21.8 Å². The zero-order valence-electron chi connectivity index (χ0n) is 20.1. The molecule has 5 rings (SSSR count). The molecule has 1 aliphatic rings. The van der Waals surface area contributed by atoms with Gasteiger partial charge < -0.3 is 20.5 Å². The van der Waals surface area contributed by atoms with Crippen molar-refractivity contribution in [3.63, 3.8) is 0 Å². The molecule has 1 unspecified atom stereocenters. The summed E-state index contributed by atoms with van der Waals surface area (Å²) in [5, 5.41) is 3.62. The van der Waals surface area contributed by atoms with E-state index in [-0.39, 0.29) is 11.8 Å². The van der Waals surface area contributed by atoms with Crippen LogP contribution in [0.2, 0.25) is 0 Å². The summed E-state index contributed by atoms with van der Waals surface area (Å²) in [6, 6.07) is 17.0. The quantitative estimate of drug-likeness (QED) is 0.335. The van der Waals surface area contributed by atoms with E-state index in [0.29, 0.717) is 28.0 Å². The molecule has 36 heavy (non-hydrogen) atoms. The zero-order valence-corrected chi connectivity index (χ0v) is 20.9. The lowest BCUT2D eigenvalue weighted by molar-refractivity contribution is -0.117. The molecule has 0 radical (unpaired) electrons. The van der Waals surface area contributed by atoms with Crippen LogP contribution in [-0.4, -0.2) is 23.0 Å². The highest BCUT2D eigenvalue weighted by Gasteiger charge is 2.23. The maximum atomic E-state index is 13.0. The number of nitrogens with zero attached hydrogens (tertiary/aromatic N) is 2. The summed E-state index contributed by atoms with van der Waals surface area (Å²) in [4.78, 5) is 23.2. The summed E-state index contributed by atoms with van der Waals surface area (Å²) < 4.78 is 11.2. The largest absolute Gasteiger partial charge is 0.497 e. The number of thiazole rings is 1. The average Bonchev–Trinajstić information content (AvgIpc) is 3.31. The molecule has 1 amide bonds. The van der Waals surface area contributed by atoms with Crippen molar-refractivity contribution in [1.29, 1.82) is 0 Å². The average molecular weight is 499 g/mol. The number of fused-ring (bicyclic) bond motifs is 3. The van der Waals surface area contributed by atoms with Crippen molar-refractivity contribution in [3.05, 3.63) is 88.9 Å². The Kier molecular flexibility index (Phi) is 6.43. The molecule has 2 aromatic heterocycles. The van der Waals surface area contributed by atoms with Crippen molar-refractivity contribution in [2.24, 2.45) is 5.73 Å². The molecule has 1 aliphatic carbocycles. The van der Waals surface area contributed by atoms with Gasteiger partial charge in [-0.05, 0) is 73.4 Å². The van der Waals surface area contributed by atoms with Gasteiger partial charge in [-0.2, -0.15) is 0 Å². The number of nitrogens with one attached hydrogen (secondary N) is 1. The van der Waals surface area contributed by atoms with Crippen molar-refractivity contribution in [2.45, 2.75) is 25.7 Å². The van der Waals surface area contributed by atoms with Crippen LogP contribution in [0.15, 0.2) is 67.4 Å². The number of rotatable bonds is 7. The predicted molar refractivity (Wildman–Crippen MR) is 143 cm³/mol. The van der Waals surface area contributed by atoms with Crippen LogP contribution in [0.4, 0.5) is 5.13 Å². The molecule has 4 aromatic rings. The van der Waals surface area contributed by atoms with Crippen molar-refractivity contribution in [2.75, 3.05) is 12.4 Å². The second-order valence-electron chi connectivity index (χ2n) is 8.58. The Bertz CT molecular complexity index is 1450. The first-order valence-electron chi connectivity index (χ1n) is 11.6. The number of carbonyl (C=O) groups excluding carboxylic acids is 1. The maximum Gasteiger partial charge on any atom is 0.233 e. The number of nitrogens with two attached hydrogens (primary N) is 1. The lowest BCUT2D eigenvalue weighted by atomic mass is 9.93. The number of methoxy groups -OCH3 is 1. The first kappa shape index (κ1) is 23.6. The van der Waals surface area contributed by atoms with E-state index in [2.05, 4.69) is 22.9 Å². The summed E-state index contributed by atoms with van der Waals surface area (Å²) in [6.45, 7) is 5.63. The van der Waals surface area contributed by atoms with Gasteiger partial charge in [-0.1, -0.05) is 18.7 Å². The van der Waals surface area contributed by atoms with Gasteiger partial charge in [0.05, 0.1) is 24.3 Å². The highest BCUT2D eigenvalue weighted by Crippen LogP contribution is 2.39. The van der Waals surface area contributed by atoms with Crippen LogP contribution < -0.4 is 20.5 Å². The van der Waals surface area contributed by atoms with Gasteiger partial charge in [0.25, 0.3) is 0 Å². The standard InChI is InChI=1S/C28H26N4O3S/c1-16(18-6-9-20(10-7-18)35-27-22(17(2)29)5-4-14-30-27)26(33)32-28-31-25-23-12-11-21(34-3)15-19(23)8-13-24(25)36-28/h4-7,9-12,14-16H,2,8,13,29H2,1,3H3,(H,31,32,33). The Labute approximate surface area is 213 Å². The molecule has 7 nitrogen and oxygen atoms in total. The number of aryl methyl sites for hydroxylation is 2. The summed E-state index contributed by atoms with van der Waals surface area (Å²) in [5.41, 5.74) is 11.0. The molecule has 2 heterocycles. The van der Waals surface area contributed by atoms with E-state index in [0.717, 1.165) is 35.4 Å². The molecule has 0 spiro atoms. The first-order valence-corrected chi connectivity index (χ1v) is 12.4. The molecule has 3 N–H and O–H groups in total. The van der Waals surface area contributed by atoms with Gasteiger partial charge in [0.1, 0.15) is 11.5 Å². The Morgan fingerprint density at radius 2 is 1.92 bits per heavy atom. The van der Waals surface area contributed by atoms with Crippen LogP contribution in [0.3, 0.4) is 0 Å². The number of ether oxygens (including phenoxy) is 2. The Morgan fingerprint density at radius 3 is 2.67 bits per heavy atom. The van der Waals surface area contributed by atoms with Crippen LogP contribution in [0.1, 0.15) is 34.4 Å². The van der Waals surface area contributed by atoms with E-state index >= 15 is 0 Å². The molecular weight excluding hydrogens is 472 g/mol. The fourth-order valence-corrected chi connectivity index (χ4v) is 5.16. The van der Waals surface area contributed by atoms with Gasteiger partial charge >= 0.3 is 0 Å². The fraction of sp³-hybridized carbons (Fsp3) is 0.179. The van der Waals surface area contributed by atoms with Crippen LogP contribution in [-0.2, 0) is 17.6 Å². The van der Waals surface area contributed by atoms with Gasteiger partial charge in [0.2, 0.25) is 11.8 Å².